The molecule has 0 radical (unpaired) electrons. The lowest BCUT2D eigenvalue weighted by Crippen LogP contribution is -2.58. The summed E-state index contributed by atoms with van der Waals surface area (Å²) in [6.45, 7) is 5.95. The fourth-order valence-corrected chi connectivity index (χ4v) is 3.78. The number of carbonyl (C=O) groups is 1. The van der Waals surface area contributed by atoms with Crippen LogP contribution in [0.4, 0.5) is 0 Å². The molecule has 1 aliphatic carbocycles. The highest BCUT2D eigenvalue weighted by Crippen LogP contribution is 2.28. The minimum Gasteiger partial charge on any atom is -0.353 e. The van der Waals surface area contributed by atoms with E-state index in [-0.39, 0.29) is 11.9 Å². The number of amides is 1. The van der Waals surface area contributed by atoms with Crippen LogP contribution in [0.1, 0.15) is 57.8 Å². The van der Waals surface area contributed by atoms with E-state index in [1.165, 1.54) is 32.1 Å². The Balaban J connectivity index is 1.76. The van der Waals surface area contributed by atoms with Crippen molar-refractivity contribution in [2.24, 2.45) is 0 Å². The molecule has 22 heavy (non-hydrogen) atoms. The van der Waals surface area contributed by atoms with E-state index in [1.54, 1.807) is 6.33 Å². The van der Waals surface area contributed by atoms with Crippen molar-refractivity contribution in [2.45, 2.75) is 70.5 Å². The third-order valence-corrected chi connectivity index (χ3v) is 4.98. The molecule has 2 heterocycles. The number of nitrogens with one attached hydrogen (secondary N) is 1. The van der Waals surface area contributed by atoms with E-state index in [1.807, 2.05) is 0 Å². The van der Waals surface area contributed by atoms with Crippen molar-refractivity contribution in [3.8, 4) is 0 Å². The highest BCUT2D eigenvalue weighted by molar-refractivity contribution is 5.82. The number of carbonyl (C=O) groups excluding carboxylic acids is 1. The average molecular weight is 305 g/mol. The number of hydrogen-bond acceptors (Lipinski definition) is 4. The average Bonchev–Trinajstić information content (AvgIpc) is 2.98. The Morgan fingerprint density at radius 3 is 2.82 bits per heavy atom. The van der Waals surface area contributed by atoms with E-state index in [2.05, 4.69) is 38.8 Å². The second-order valence-corrected chi connectivity index (χ2v) is 6.76. The molecule has 1 aliphatic heterocycles. The van der Waals surface area contributed by atoms with Crippen molar-refractivity contribution < 1.29 is 4.79 Å². The molecule has 1 aromatic heterocycles. The van der Waals surface area contributed by atoms with Gasteiger partial charge < -0.3 is 5.32 Å². The topological polar surface area (TPSA) is 63.1 Å². The van der Waals surface area contributed by atoms with Crippen LogP contribution in [0.15, 0.2) is 6.33 Å². The first-order chi connectivity index (χ1) is 10.7. The first-order valence-electron chi connectivity index (χ1n) is 8.58. The Bertz CT molecular complexity index is 506. The minimum absolute atomic E-state index is 0.123. The fraction of sp³-hybridized carbons (Fsp3) is 0.812. The number of rotatable bonds is 4. The molecule has 1 unspecified atom stereocenters. The van der Waals surface area contributed by atoms with E-state index in [0.717, 1.165) is 18.9 Å². The summed E-state index contributed by atoms with van der Waals surface area (Å²) in [4.78, 5) is 19.0. The van der Waals surface area contributed by atoms with E-state index in [9.17, 15) is 4.79 Å². The summed E-state index contributed by atoms with van der Waals surface area (Å²) in [5.74, 6) is 1.08. The van der Waals surface area contributed by atoms with Crippen molar-refractivity contribution in [1.82, 2.24) is 25.0 Å². The van der Waals surface area contributed by atoms with Crippen LogP contribution in [-0.4, -0.2) is 50.7 Å². The lowest BCUT2D eigenvalue weighted by atomic mass is 9.95. The third kappa shape index (κ3) is 3.16. The molecule has 0 spiro atoms. The van der Waals surface area contributed by atoms with Crippen LogP contribution < -0.4 is 5.32 Å². The lowest BCUT2D eigenvalue weighted by Gasteiger charge is -2.37. The molecular formula is C16H27N5O. The summed E-state index contributed by atoms with van der Waals surface area (Å²) in [6, 6.07) is 0.702. The third-order valence-electron chi connectivity index (χ3n) is 4.98. The summed E-state index contributed by atoms with van der Waals surface area (Å²) < 4.78 is 2.08. The molecule has 2 aliphatic rings. The molecule has 6 heteroatoms. The number of aromatic nitrogens is 3. The van der Waals surface area contributed by atoms with Gasteiger partial charge >= 0.3 is 0 Å². The largest absolute Gasteiger partial charge is 0.353 e. The summed E-state index contributed by atoms with van der Waals surface area (Å²) >= 11 is 0. The van der Waals surface area contributed by atoms with Crippen molar-refractivity contribution >= 4 is 5.91 Å². The normalized spacial score (nSPS) is 24.7. The Labute approximate surface area is 132 Å². The fourth-order valence-electron chi connectivity index (χ4n) is 3.78. The molecule has 6 nitrogen and oxygen atoms in total. The van der Waals surface area contributed by atoms with Crippen molar-refractivity contribution in [1.29, 1.82) is 0 Å². The van der Waals surface area contributed by atoms with Gasteiger partial charge in [0.25, 0.3) is 0 Å². The Kier molecular flexibility index (Phi) is 4.76. The number of piperazine rings is 1. The SMILES string of the molecule is CC(C)N1CCNC(=O)C1Cc1ncnn1C1CCCCC1. The van der Waals surface area contributed by atoms with Crippen molar-refractivity contribution in [2.75, 3.05) is 13.1 Å². The molecule has 1 aromatic rings. The zero-order valence-electron chi connectivity index (χ0n) is 13.7. The van der Waals surface area contributed by atoms with Crippen molar-refractivity contribution in [3.05, 3.63) is 12.2 Å². The van der Waals surface area contributed by atoms with Crippen LogP contribution in [0.2, 0.25) is 0 Å². The van der Waals surface area contributed by atoms with Crippen LogP contribution >= 0.6 is 0 Å². The summed E-state index contributed by atoms with van der Waals surface area (Å²) in [6.07, 6.45) is 8.53. The summed E-state index contributed by atoms with van der Waals surface area (Å²) in [7, 11) is 0. The van der Waals surface area contributed by atoms with E-state index in [0.29, 0.717) is 18.5 Å². The van der Waals surface area contributed by atoms with Crippen molar-refractivity contribution in [3.63, 3.8) is 0 Å². The van der Waals surface area contributed by atoms with E-state index < -0.39 is 0 Å². The van der Waals surface area contributed by atoms with Crippen LogP contribution in [0.3, 0.4) is 0 Å². The maximum Gasteiger partial charge on any atom is 0.237 e. The molecule has 0 bridgehead atoms. The van der Waals surface area contributed by atoms with Gasteiger partial charge in [-0.3, -0.25) is 9.69 Å². The zero-order valence-corrected chi connectivity index (χ0v) is 13.7. The quantitative estimate of drug-likeness (QED) is 0.916. The molecule has 1 amide bonds. The van der Waals surface area contributed by atoms with Gasteiger partial charge in [0.05, 0.1) is 12.1 Å². The van der Waals surface area contributed by atoms with Crippen LogP contribution in [0, 0.1) is 0 Å². The predicted octanol–water partition coefficient (Wildman–Crippen LogP) is 1.53. The van der Waals surface area contributed by atoms with Gasteiger partial charge in [-0.05, 0) is 26.7 Å². The van der Waals surface area contributed by atoms with E-state index in [4.69, 9.17) is 0 Å². The zero-order chi connectivity index (χ0) is 15.5. The van der Waals surface area contributed by atoms with E-state index >= 15 is 0 Å². The van der Waals surface area contributed by atoms with Crippen LogP contribution in [0.25, 0.3) is 0 Å². The minimum atomic E-state index is -0.125. The molecular weight excluding hydrogens is 278 g/mol. The first-order valence-corrected chi connectivity index (χ1v) is 8.58. The maximum absolute atomic E-state index is 12.3. The van der Waals surface area contributed by atoms with Gasteiger partial charge in [-0.15, -0.1) is 0 Å². The molecule has 122 valence electrons. The van der Waals surface area contributed by atoms with Gasteiger partial charge in [-0.25, -0.2) is 9.67 Å². The highest BCUT2D eigenvalue weighted by atomic mass is 16.2. The van der Waals surface area contributed by atoms with Crippen LogP contribution in [-0.2, 0) is 11.2 Å². The van der Waals surface area contributed by atoms with Gasteiger partial charge in [-0.1, -0.05) is 19.3 Å². The smallest absolute Gasteiger partial charge is 0.237 e. The number of hydrogen-bond donors (Lipinski definition) is 1. The second kappa shape index (κ2) is 6.77. The summed E-state index contributed by atoms with van der Waals surface area (Å²) in [5, 5.41) is 7.45. The monoisotopic (exact) mass is 305 g/mol. The van der Waals surface area contributed by atoms with Gasteiger partial charge in [0.15, 0.2) is 0 Å². The molecule has 2 fully saturated rings. The first kappa shape index (κ1) is 15.5. The van der Waals surface area contributed by atoms with Crippen LogP contribution in [0.5, 0.6) is 0 Å². The standard InChI is InChI=1S/C16H27N5O/c1-12(2)20-9-8-17-16(22)14(20)10-15-18-11-19-21(15)13-6-4-3-5-7-13/h11-14H,3-10H2,1-2H3,(H,17,22). The lowest BCUT2D eigenvalue weighted by molar-refractivity contribution is -0.130. The van der Waals surface area contributed by atoms with Gasteiger partial charge in [0, 0.05) is 25.6 Å². The molecule has 1 saturated heterocycles. The Morgan fingerprint density at radius 1 is 1.32 bits per heavy atom. The molecule has 1 atom stereocenters. The highest BCUT2D eigenvalue weighted by Gasteiger charge is 2.33. The van der Waals surface area contributed by atoms with Gasteiger partial charge in [0.2, 0.25) is 5.91 Å². The maximum atomic E-state index is 12.3. The van der Waals surface area contributed by atoms with Gasteiger partial charge in [-0.2, -0.15) is 5.10 Å². The molecule has 0 aromatic carbocycles. The van der Waals surface area contributed by atoms with Gasteiger partial charge in [0.1, 0.15) is 12.2 Å². The molecule has 1 N–H and O–H groups in total. The second-order valence-electron chi connectivity index (χ2n) is 6.76. The Morgan fingerprint density at radius 2 is 2.09 bits per heavy atom. The molecule has 1 saturated carbocycles. The summed E-state index contributed by atoms with van der Waals surface area (Å²) in [5.41, 5.74) is 0. The number of nitrogens with zero attached hydrogens (tertiary/aromatic N) is 4. The Hall–Kier alpha value is -1.43. The predicted molar refractivity (Wildman–Crippen MR) is 84.5 cm³/mol. The molecule has 3 rings (SSSR count).